The molecule has 0 aliphatic rings. The predicted octanol–water partition coefficient (Wildman–Crippen LogP) is 1.10. The van der Waals surface area contributed by atoms with Crippen LogP contribution < -0.4 is 0 Å². The summed E-state index contributed by atoms with van der Waals surface area (Å²) < 4.78 is 14.5. The van der Waals surface area contributed by atoms with Crippen LogP contribution in [0.2, 0.25) is 0 Å². The summed E-state index contributed by atoms with van der Waals surface area (Å²) in [5.41, 5.74) is 0.125. The number of carbonyl (C=O) groups is 1. The van der Waals surface area contributed by atoms with E-state index in [-0.39, 0.29) is 5.56 Å². The molecule has 0 aliphatic heterocycles. The Balaban J connectivity index is 2.52. The Morgan fingerprint density at radius 1 is 1.33 bits per heavy atom. The van der Waals surface area contributed by atoms with Gasteiger partial charge in [0.05, 0.1) is 5.56 Å². The van der Waals surface area contributed by atoms with E-state index >= 15 is 0 Å². The molecule has 2 rings (SSSR count). The number of hydrogen-bond donors (Lipinski definition) is 1. The minimum absolute atomic E-state index is 0.374. The molecular formula is C9H6FN3O2. The number of halogens is 1. The van der Waals surface area contributed by atoms with Crippen LogP contribution in [0.4, 0.5) is 4.39 Å². The summed E-state index contributed by atoms with van der Waals surface area (Å²) >= 11 is 0. The van der Waals surface area contributed by atoms with Gasteiger partial charge in [0.15, 0.2) is 0 Å². The minimum Gasteiger partial charge on any atom is -0.478 e. The van der Waals surface area contributed by atoms with Crippen molar-refractivity contribution in [2.24, 2.45) is 0 Å². The highest BCUT2D eigenvalue weighted by Crippen LogP contribution is 2.13. The minimum atomic E-state index is -1.30. The van der Waals surface area contributed by atoms with E-state index in [2.05, 4.69) is 10.2 Å². The third-order valence-electron chi connectivity index (χ3n) is 1.90. The molecule has 0 amide bonds. The van der Waals surface area contributed by atoms with Crippen LogP contribution in [0.1, 0.15) is 10.4 Å². The monoisotopic (exact) mass is 207 g/mol. The van der Waals surface area contributed by atoms with Crippen LogP contribution in [-0.2, 0) is 0 Å². The molecule has 1 aromatic carbocycles. The van der Waals surface area contributed by atoms with Crippen molar-refractivity contribution in [2.75, 3.05) is 0 Å². The quantitative estimate of drug-likeness (QED) is 0.800. The molecule has 0 bridgehead atoms. The number of rotatable bonds is 2. The summed E-state index contributed by atoms with van der Waals surface area (Å²) in [5.74, 6) is -2.07. The van der Waals surface area contributed by atoms with Crippen molar-refractivity contribution in [2.45, 2.75) is 0 Å². The van der Waals surface area contributed by atoms with Gasteiger partial charge in [-0.1, -0.05) is 0 Å². The fourth-order valence-corrected chi connectivity index (χ4v) is 1.17. The molecule has 0 unspecified atom stereocenters. The molecule has 0 atom stereocenters. The van der Waals surface area contributed by atoms with Crippen molar-refractivity contribution in [1.29, 1.82) is 0 Å². The Morgan fingerprint density at radius 3 is 2.60 bits per heavy atom. The fraction of sp³-hybridized carbons (Fsp3) is 0. The van der Waals surface area contributed by atoms with E-state index in [0.29, 0.717) is 5.69 Å². The molecule has 0 fully saturated rings. The molecule has 1 aromatic heterocycles. The lowest BCUT2D eigenvalue weighted by Gasteiger charge is -2.03. The van der Waals surface area contributed by atoms with Crippen molar-refractivity contribution in [3.8, 4) is 5.69 Å². The van der Waals surface area contributed by atoms with Gasteiger partial charge in [-0.2, -0.15) is 0 Å². The summed E-state index contributed by atoms with van der Waals surface area (Å²) in [6.45, 7) is 0. The first kappa shape index (κ1) is 9.32. The molecular weight excluding hydrogens is 201 g/mol. The molecule has 0 saturated carbocycles. The first-order valence-corrected chi connectivity index (χ1v) is 4.06. The van der Waals surface area contributed by atoms with Gasteiger partial charge >= 0.3 is 5.97 Å². The second-order valence-corrected chi connectivity index (χ2v) is 2.84. The van der Waals surface area contributed by atoms with Crippen LogP contribution in [0.25, 0.3) is 5.69 Å². The smallest absolute Gasteiger partial charge is 0.338 e. The van der Waals surface area contributed by atoms with E-state index in [1.54, 1.807) is 0 Å². The lowest BCUT2D eigenvalue weighted by Crippen LogP contribution is -2.02. The lowest BCUT2D eigenvalue weighted by molar-refractivity contribution is 0.0692. The predicted molar refractivity (Wildman–Crippen MR) is 48.3 cm³/mol. The Morgan fingerprint density at radius 2 is 2.00 bits per heavy atom. The zero-order chi connectivity index (χ0) is 10.8. The highest BCUT2D eigenvalue weighted by molar-refractivity contribution is 5.88. The first-order valence-electron chi connectivity index (χ1n) is 4.06. The number of carboxylic acid groups (broad SMARTS) is 1. The van der Waals surface area contributed by atoms with Crippen molar-refractivity contribution in [3.05, 3.63) is 42.2 Å². The lowest BCUT2D eigenvalue weighted by atomic mass is 10.2. The van der Waals surface area contributed by atoms with Gasteiger partial charge in [0.25, 0.3) is 0 Å². The number of hydrogen-bond acceptors (Lipinski definition) is 3. The molecule has 2 aromatic rings. The highest BCUT2D eigenvalue weighted by Gasteiger charge is 2.11. The van der Waals surface area contributed by atoms with Gasteiger partial charge in [0.1, 0.15) is 18.5 Å². The molecule has 5 nitrogen and oxygen atoms in total. The molecule has 0 aliphatic carbocycles. The molecule has 6 heteroatoms. The number of carboxylic acids is 1. The zero-order valence-corrected chi connectivity index (χ0v) is 7.46. The number of aromatic carboxylic acids is 1. The van der Waals surface area contributed by atoms with E-state index in [9.17, 15) is 9.18 Å². The third kappa shape index (κ3) is 1.69. The maximum absolute atomic E-state index is 13.0. The Labute approximate surface area is 83.8 Å². The second-order valence-electron chi connectivity index (χ2n) is 2.84. The number of nitrogens with zero attached hydrogens (tertiary/aromatic N) is 3. The standard InChI is InChI=1S/C9H6FN3O2/c10-8-2-1-6(3-7(8)9(14)15)13-4-11-12-5-13/h1-5H,(H,14,15). The first-order chi connectivity index (χ1) is 7.18. The van der Waals surface area contributed by atoms with Gasteiger partial charge in [0, 0.05) is 5.69 Å². The van der Waals surface area contributed by atoms with Crippen LogP contribution in [0.3, 0.4) is 0 Å². The normalized spacial score (nSPS) is 10.2. The summed E-state index contributed by atoms with van der Waals surface area (Å²) in [6, 6.07) is 3.77. The number of aromatic nitrogens is 3. The van der Waals surface area contributed by atoms with Crippen molar-refractivity contribution in [3.63, 3.8) is 0 Å². The molecule has 15 heavy (non-hydrogen) atoms. The summed E-state index contributed by atoms with van der Waals surface area (Å²) in [5, 5.41) is 15.8. The molecule has 1 N–H and O–H groups in total. The third-order valence-corrected chi connectivity index (χ3v) is 1.90. The molecule has 0 radical (unpaired) electrons. The van der Waals surface area contributed by atoms with E-state index in [4.69, 9.17) is 5.11 Å². The SMILES string of the molecule is O=C(O)c1cc(-n2cnnc2)ccc1F. The van der Waals surface area contributed by atoms with Gasteiger partial charge in [0.2, 0.25) is 0 Å². The molecule has 0 saturated heterocycles. The molecule has 1 heterocycles. The van der Waals surface area contributed by atoms with Crippen LogP contribution >= 0.6 is 0 Å². The van der Waals surface area contributed by atoms with Crippen molar-refractivity contribution in [1.82, 2.24) is 14.8 Å². The molecule has 76 valence electrons. The van der Waals surface area contributed by atoms with Crippen LogP contribution in [0.5, 0.6) is 0 Å². The topological polar surface area (TPSA) is 68.0 Å². The van der Waals surface area contributed by atoms with Gasteiger partial charge in [-0.3, -0.25) is 4.57 Å². The summed E-state index contributed by atoms with van der Waals surface area (Å²) in [4.78, 5) is 10.7. The van der Waals surface area contributed by atoms with Crippen molar-refractivity contribution >= 4 is 5.97 Å². The summed E-state index contributed by atoms with van der Waals surface area (Å²) in [6.07, 6.45) is 2.80. The van der Waals surface area contributed by atoms with Crippen molar-refractivity contribution < 1.29 is 14.3 Å². The van der Waals surface area contributed by atoms with Crippen LogP contribution in [-0.4, -0.2) is 25.8 Å². The van der Waals surface area contributed by atoms with E-state index < -0.39 is 11.8 Å². The Kier molecular flexibility index (Phi) is 2.17. The zero-order valence-electron chi connectivity index (χ0n) is 7.46. The maximum Gasteiger partial charge on any atom is 0.338 e. The Hall–Kier alpha value is -2.24. The van der Waals surface area contributed by atoms with Crippen LogP contribution in [0, 0.1) is 5.82 Å². The highest BCUT2D eigenvalue weighted by atomic mass is 19.1. The summed E-state index contributed by atoms with van der Waals surface area (Å²) in [7, 11) is 0. The van der Waals surface area contributed by atoms with Crippen LogP contribution in [0.15, 0.2) is 30.9 Å². The van der Waals surface area contributed by atoms with Gasteiger partial charge in [-0.05, 0) is 18.2 Å². The Bertz CT molecular complexity index is 496. The average molecular weight is 207 g/mol. The maximum atomic E-state index is 13.0. The average Bonchev–Trinajstić information content (AvgIpc) is 2.71. The van der Waals surface area contributed by atoms with E-state index in [0.717, 1.165) is 6.07 Å². The van der Waals surface area contributed by atoms with Gasteiger partial charge in [-0.25, -0.2) is 9.18 Å². The van der Waals surface area contributed by atoms with Gasteiger partial charge < -0.3 is 5.11 Å². The number of benzene rings is 1. The molecule has 0 spiro atoms. The van der Waals surface area contributed by atoms with E-state index in [1.165, 1.54) is 29.4 Å². The van der Waals surface area contributed by atoms with Gasteiger partial charge in [-0.15, -0.1) is 10.2 Å². The largest absolute Gasteiger partial charge is 0.478 e. The second kappa shape index (κ2) is 3.49. The van der Waals surface area contributed by atoms with E-state index in [1.807, 2.05) is 0 Å². The fourth-order valence-electron chi connectivity index (χ4n) is 1.17.